The SMILES string of the molecule is CCN(C(=O)c1ccc(Cl)c(N)c1)C1CCCCC1. The fourth-order valence-corrected chi connectivity index (χ4v) is 2.92. The topological polar surface area (TPSA) is 46.3 Å². The van der Waals surface area contributed by atoms with E-state index in [4.69, 9.17) is 17.3 Å². The molecule has 0 spiro atoms. The van der Waals surface area contributed by atoms with Gasteiger partial charge in [-0.3, -0.25) is 4.79 Å². The largest absolute Gasteiger partial charge is 0.398 e. The van der Waals surface area contributed by atoms with Gasteiger partial charge in [0, 0.05) is 18.2 Å². The van der Waals surface area contributed by atoms with Gasteiger partial charge in [-0.2, -0.15) is 0 Å². The second-order valence-electron chi connectivity index (χ2n) is 5.12. The molecule has 0 unspecified atom stereocenters. The number of anilines is 1. The quantitative estimate of drug-likeness (QED) is 0.858. The molecule has 1 aromatic rings. The molecule has 1 amide bonds. The Bertz CT molecular complexity index is 455. The molecule has 3 nitrogen and oxygen atoms in total. The molecule has 0 bridgehead atoms. The predicted molar refractivity (Wildman–Crippen MR) is 79.4 cm³/mol. The number of nitrogens with two attached hydrogens (primary N) is 1. The molecule has 0 aliphatic heterocycles. The molecule has 1 saturated carbocycles. The molecular weight excluding hydrogens is 260 g/mol. The zero-order chi connectivity index (χ0) is 13.8. The summed E-state index contributed by atoms with van der Waals surface area (Å²) in [6, 6.07) is 5.50. The smallest absolute Gasteiger partial charge is 0.254 e. The van der Waals surface area contributed by atoms with Crippen molar-refractivity contribution in [1.29, 1.82) is 0 Å². The van der Waals surface area contributed by atoms with Gasteiger partial charge in [0.1, 0.15) is 0 Å². The third-order valence-electron chi connectivity index (χ3n) is 3.86. The van der Waals surface area contributed by atoms with Crippen LogP contribution in [-0.4, -0.2) is 23.4 Å². The molecule has 0 heterocycles. The lowest BCUT2D eigenvalue weighted by Gasteiger charge is -2.33. The van der Waals surface area contributed by atoms with Crippen molar-refractivity contribution in [2.24, 2.45) is 0 Å². The Morgan fingerprint density at radius 1 is 1.37 bits per heavy atom. The maximum atomic E-state index is 12.6. The Balaban J connectivity index is 2.17. The Hall–Kier alpha value is -1.22. The van der Waals surface area contributed by atoms with E-state index in [0.717, 1.165) is 19.4 Å². The van der Waals surface area contributed by atoms with Crippen molar-refractivity contribution in [3.63, 3.8) is 0 Å². The standard InChI is InChI=1S/C15H21ClN2O/c1-2-18(12-6-4-3-5-7-12)15(19)11-8-9-13(16)14(17)10-11/h8-10,12H,2-7,17H2,1H3. The summed E-state index contributed by atoms with van der Waals surface area (Å²) in [7, 11) is 0. The van der Waals surface area contributed by atoms with Crippen molar-refractivity contribution >= 4 is 23.2 Å². The molecule has 19 heavy (non-hydrogen) atoms. The molecule has 1 aliphatic carbocycles. The number of nitrogens with zero attached hydrogens (tertiary/aromatic N) is 1. The van der Waals surface area contributed by atoms with Gasteiger partial charge < -0.3 is 10.6 Å². The number of benzene rings is 1. The van der Waals surface area contributed by atoms with Gasteiger partial charge in [0.2, 0.25) is 0 Å². The van der Waals surface area contributed by atoms with Crippen molar-refractivity contribution in [1.82, 2.24) is 4.90 Å². The van der Waals surface area contributed by atoms with Gasteiger partial charge in [0.15, 0.2) is 0 Å². The minimum atomic E-state index is 0.0674. The predicted octanol–water partition coefficient (Wildman–Crippen LogP) is 3.72. The van der Waals surface area contributed by atoms with Crippen LogP contribution in [0.4, 0.5) is 5.69 Å². The van der Waals surface area contributed by atoms with Crippen LogP contribution in [-0.2, 0) is 0 Å². The van der Waals surface area contributed by atoms with Crippen LogP contribution < -0.4 is 5.73 Å². The van der Waals surface area contributed by atoms with Crippen molar-refractivity contribution in [3.8, 4) is 0 Å². The first-order chi connectivity index (χ1) is 9.13. The third kappa shape index (κ3) is 3.21. The van der Waals surface area contributed by atoms with Crippen LogP contribution in [0.3, 0.4) is 0 Å². The Morgan fingerprint density at radius 3 is 2.63 bits per heavy atom. The zero-order valence-electron chi connectivity index (χ0n) is 11.4. The summed E-state index contributed by atoms with van der Waals surface area (Å²) in [5.41, 5.74) is 6.87. The number of halogens is 1. The molecule has 2 N–H and O–H groups in total. The number of amides is 1. The molecule has 1 aromatic carbocycles. The molecule has 104 valence electrons. The van der Waals surface area contributed by atoms with Crippen LogP contribution in [0.5, 0.6) is 0 Å². The van der Waals surface area contributed by atoms with Crippen molar-refractivity contribution in [2.45, 2.75) is 45.1 Å². The van der Waals surface area contributed by atoms with E-state index in [1.165, 1.54) is 19.3 Å². The summed E-state index contributed by atoms with van der Waals surface area (Å²) in [4.78, 5) is 14.5. The molecule has 4 heteroatoms. The molecule has 1 fully saturated rings. The van der Waals surface area contributed by atoms with Gasteiger partial charge in [-0.1, -0.05) is 30.9 Å². The summed E-state index contributed by atoms with van der Waals surface area (Å²) >= 11 is 5.90. The summed E-state index contributed by atoms with van der Waals surface area (Å²) in [6.07, 6.45) is 5.95. The number of hydrogen-bond donors (Lipinski definition) is 1. The zero-order valence-corrected chi connectivity index (χ0v) is 12.1. The fourth-order valence-electron chi connectivity index (χ4n) is 2.80. The number of carbonyl (C=O) groups is 1. The Morgan fingerprint density at radius 2 is 2.05 bits per heavy atom. The molecule has 0 saturated heterocycles. The lowest BCUT2D eigenvalue weighted by Crippen LogP contribution is -2.41. The van der Waals surface area contributed by atoms with Crippen molar-refractivity contribution < 1.29 is 4.79 Å². The fraction of sp³-hybridized carbons (Fsp3) is 0.533. The Kier molecular flexibility index (Phi) is 4.70. The van der Waals surface area contributed by atoms with E-state index in [1.54, 1.807) is 18.2 Å². The van der Waals surface area contributed by atoms with Crippen molar-refractivity contribution in [2.75, 3.05) is 12.3 Å². The average molecular weight is 281 g/mol. The lowest BCUT2D eigenvalue weighted by atomic mass is 9.93. The van der Waals surface area contributed by atoms with Gasteiger partial charge in [-0.15, -0.1) is 0 Å². The minimum absolute atomic E-state index is 0.0674. The molecular formula is C15H21ClN2O. The summed E-state index contributed by atoms with van der Waals surface area (Å²) in [5, 5.41) is 0.497. The monoisotopic (exact) mass is 280 g/mol. The maximum absolute atomic E-state index is 12.6. The highest BCUT2D eigenvalue weighted by molar-refractivity contribution is 6.33. The van der Waals surface area contributed by atoms with Gasteiger partial charge in [-0.25, -0.2) is 0 Å². The number of carbonyl (C=O) groups excluding carboxylic acids is 1. The van der Waals surface area contributed by atoms with Crippen LogP contribution in [0.15, 0.2) is 18.2 Å². The normalized spacial score (nSPS) is 16.3. The highest BCUT2D eigenvalue weighted by Crippen LogP contribution is 2.25. The van der Waals surface area contributed by atoms with E-state index >= 15 is 0 Å². The minimum Gasteiger partial charge on any atom is -0.398 e. The molecule has 1 aliphatic rings. The molecule has 0 atom stereocenters. The van der Waals surface area contributed by atoms with E-state index in [-0.39, 0.29) is 5.91 Å². The van der Waals surface area contributed by atoms with E-state index in [9.17, 15) is 4.79 Å². The highest BCUT2D eigenvalue weighted by Gasteiger charge is 2.25. The molecule has 0 radical (unpaired) electrons. The van der Waals surface area contributed by atoms with Crippen LogP contribution >= 0.6 is 11.6 Å². The van der Waals surface area contributed by atoms with Crippen LogP contribution in [0.2, 0.25) is 5.02 Å². The first kappa shape index (κ1) is 14.2. The first-order valence-electron chi connectivity index (χ1n) is 6.99. The summed E-state index contributed by atoms with van der Waals surface area (Å²) in [6.45, 7) is 2.78. The van der Waals surface area contributed by atoms with Gasteiger partial charge in [0.05, 0.1) is 10.7 Å². The highest BCUT2D eigenvalue weighted by atomic mass is 35.5. The molecule has 2 rings (SSSR count). The van der Waals surface area contributed by atoms with E-state index in [2.05, 4.69) is 0 Å². The average Bonchev–Trinajstić information content (AvgIpc) is 2.44. The second kappa shape index (κ2) is 6.29. The number of rotatable bonds is 3. The third-order valence-corrected chi connectivity index (χ3v) is 4.20. The van der Waals surface area contributed by atoms with E-state index in [1.807, 2.05) is 11.8 Å². The number of nitrogen functional groups attached to an aromatic ring is 1. The van der Waals surface area contributed by atoms with Crippen LogP contribution in [0, 0.1) is 0 Å². The van der Waals surface area contributed by atoms with Gasteiger partial charge >= 0.3 is 0 Å². The first-order valence-corrected chi connectivity index (χ1v) is 7.37. The second-order valence-corrected chi connectivity index (χ2v) is 5.53. The van der Waals surface area contributed by atoms with Crippen LogP contribution in [0.25, 0.3) is 0 Å². The van der Waals surface area contributed by atoms with Gasteiger partial charge in [0.25, 0.3) is 5.91 Å². The summed E-state index contributed by atoms with van der Waals surface area (Å²) in [5.74, 6) is 0.0674. The van der Waals surface area contributed by atoms with Crippen molar-refractivity contribution in [3.05, 3.63) is 28.8 Å². The molecule has 0 aromatic heterocycles. The Labute approximate surface area is 119 Å². The van der Waals surface area contributed by atoms with Crippen LogP contribution in [0.1, 0.15) is 49.4 Å². The van der Waals surface area contributed by atoms with Gasteiger partial charge in [-0.05, 0) is 38.0 Å². The van der Waals surface area contributed by atoms with E-state index < -0.39 is 0 Å². The maximum Gasteiger partial charge on any atom is 0.254 e. The number of hydrogen-bond acceptors (Lipinski definition) is 2. The van der Waals surface area contributed by atoms with E-state index in [0.29, 0.717) is 22.3 Å². The lowest BCUT2D eigenvalue weighted by molar-refractivity contribution is 0.0648. The summed E-state index contributed by atoms with van der Waals surface area (Å²) < 4.78 is 0.